The van der Waals surface area contributed by atoms with E-state index in [1.165, 1.54) is 4.40 Å². The lowest BCUT2D eigenvalue weighted by Gasteiger charge is -2.18. The van der Waals surface area contributed by atoms with Gasteiger partial charge in [-0.15, -0.1) is 10.2 Å². The molecule has 0 unspecified atom stereocenters. The van der Waals surface area contributed by atoms with Crippen LogP contribution in [0.15, 0.2) is 18.3 Å². The van der Waals surface area contributed by atoms with Crippen molar-refractivity contribution in [2.24, 2.45) is 0 Å². The van der Waals surface area contributed by atoms with Crippen LogP contribution in [0.1, 0.15) is 37.0 Å². The monoisotopic (exact) mass is 219 g/mol. The molecule has 2 aromatic heterocycles. The van der Waals surface area contributed by atoms with E-state index in [9.17, 15) is 4.79 Å². The van der Waals surface area contributed by atoms with Gasteiger partial charge in [0.15, 0.2) is 5.65 Å². The number of hydrogen-bond donors (Lipinski definition) is 1. The Kier molecular flexibility index (Phi) is 2.18. The third-order valence-corrected chi connectivity index (χ3v) is 2.46. The van der Waals surface area contributed by atoms with Crippen molar-refractivity contribution >= 4 is 11.6 Å². The minimum Gasteiger partial charge on any atom is -0.475 e. The number of fused-ring (bicyclic) bond motifs is 1. The number of aromatic nitrogens is 3. The number of carbonyl (C=O) groups is 1. The smallest absolute Gasteiger partial charge is 0.374 e. The van der Waals surface area contributed by atoms with E-state index in [2.05, 4.69) is 31.0 Å². The summed E-state index contributed by atoms with van der Waals surface area (Å²) in [5.41, 5.74) is 1.56. The molecule has 0 spiro atoms. The third-order valence-electron chi connectivity index (χ3n) is 2.46. The van der Waals surface area contributed by atoms with Gasteiger partial charge in [0.2, 0.25) is 5.82 Å². The van der Waals surface area contributed by atoms with Crippen molar-refractivity contribution in [1.29, 1.82) is 0 Å². The molecule has 2 rings (SSSR count). The number of rotatable bonds is 1. The molecular formula is C11H13N3O2. The second kappa shape index (κ2) is 3.30. The van der Waals surface area contributed by atoms with Crippen LogP contribution in [0.4, 0.5) is 0 Å². The van der Waals surface area contributed by atoms with Crippen LogP contribution in [-0.2, 0) is 5.41 Å². The van der Waals surface area contributed by atoms with Gasteiger partial charge in [-0.3, -0.25) is 4.40 Å². The Morgan fingerprint density at radius 2 is 2.00 bits per heavy atom. The van der Waals surface area contributed by atoms with Gasteiger partial charge in [0.05, 0.1) is 0 Å². The summed E-state index contributed by atoms with van der Waals surface area (Å²) in [7, 11) is 0. The maximum absolute atomic E-state index is 10.9. The van der Waals surface area contributed by atoms with E-state index in [1.54, 1.807) is 12.3 Å². The summed E-state index contributed by atoms with van der Waals surface area (Å²) in [6.07, 6.45) is 1.78. The lowest BCUT2D eigenvalue weighted by atomic mass is 9.88. The molecule has 84 valence electrons. The number of nitrogens with zero attached hydrogens (tertiary/aromatic N) is 3. The molecule has 1 N–H and O–H groups in total. The van der Waals surface area contributed by atoms with Gasteiger partial charge in [0, 0.05) is 6.20 Å². The fraction of sp³-hybridized carbons (Fsp3) is 0.364. The van der Waals surface area contributed by atoms with Crippen LogP contribution in [0.25, 0.3) is 5.65 Å². The Balaban J connectivity index is 2.68. The van der Waals surface area contributed by atoms with Gasteiger partial charge in [0.1, 0.15) is 0 Å². The highest BCUT2D eigenvalue weighted by atomic mass is 16.4. The number of aromatic carboxylic acids is 1. The summed E-state index contributed by atoms with van der Waals surface area (Å²) in [5, 5.41) is 16.4. The summed E-state index contributed by atoms with van der Waals surface area (Å²) >= 11 is 0. The number of pyridine rings is 1. The first-order chi connectivity index (χ1) is 7.39. The molecule has 2 aromatic rings. The maximum atomic E-state index is 10.9. The highest BCUT2D eigenvalue weighted by Crippen LogP contribution is 2.22. The largest absolute Gasteiger partial charge is 0.475 e. The van der Waals surface area contributed by atoms with Crippen molar-refractivity contribution in [2.45, 2.75) is 26.2 Å². The molecule has 2 heterocycles. The first-order valence-corrected chi connectivity index (χ1v) is 4.98. The highest BCUT2D eigenvalue weighted by Gasteiger charge is 2.17. The summed E-state index contributed by atoms with van der Waals surface area (Å²) in [4.78, 5) is 10.9. The molecule has 0 bridgehead atoms. The van der Waals surface area contributed by atoms with E-state index in [-0.39, 0.29) is 11.2 Å². The zero-order valence-electron chi connectivity index (χ0n) is 9.43. The average molecular weight is 219 g/mol. The summed E-state index contributed by atoms with van der Waals surface area (Å²) in [6.45, 7) is 6.21. The predicted molar refractivity (Wildman–Crippen MR) is 58.6 cm³/mol. The second-order valence-corrected chi connectivity index (χ2v) is 4.72. The Labute approximate surface area is 92.7 Å². The van der Waals surface area contributed by atoms with E-state index >= 15 is 0 Å². The maximum Gasteiger partial charge on any atom is 0.374 e. The molecule has 0 radical (unpaired) electrons. The van der Waals surface area contributed by atoms with Gasteiger partial charge >= 0.3 is 5.97 Å². The number of carboxylic acids is 1. The first-order valence-electron chi connectivity index (χ1n) is 4.98. The van der Waals surface area contributed by atoms with Crippen molar-refractivity contribution in [2.75, 3.05) is 0 Å². The van der Waals surface area contributed by atoms with Crippen molar-refractivity contribution in [1.82, 2.24) is 14.6 Å². The van der Waals surface area contributed by atoms with Gasteiger partial charge in [-0.2, -0.15) is 0 Å². The van der Waals surface area contributed by atoms with Crippen molar-refractivity contribution in [3.05, 3.63) is 29.7 Å². The molecule has 0 fully saturated rings. The molecule has 0 aromatic carbocycles. The van der Waals surface area contributed by atoms with Gasteiger partial charge in [-0.1, -0.05) is 26.8 Å². The lowest BCUT2D eigenvalue weighted by molar-refractivity contribution is 0.0682. The normalized spacial score (nSPS) is 11.9. The zero-order valence-corrected chi connectivity index (χ0v) is 9.43. The van der Waals surface area contributed by atoms with Crippen LogP contribution in [0.2, 0.25) is 0 Å². The molecule has 0 saturated heterocycles. The molecule has 0 aliphatic heterocycles. The van der Waals surface area contributed by atoms with Crippen LogP contribution in [0.5, 0.6) is 0 Å². The highest BCUT2D eigenvalue weighted by molar-refractivity contribution is 5.84. The Hall–Kier alpha value is -1.91. The van der Waals surface area contributed by atoms with Crippen LogP contribution < -0.4 is 0 Å². The number of hydrogen-bond acceptors (Lipinski definition) is 3. The third kappa shape index (κ3) is 1.64. The van der Waals surface area contributed by atoms with E-state index in [1.807, 2.05) is 6.07 Å². The Bertz CT molecular complexity index is 552. The van der Waals surface area contributed by atoms with Gasteiger partial charge in [-0.25, -0.2) is 4.79 Å². The predicted octanol–water partition coefficient (Wildman–Crippen LogP) is 1.72. The molecule has 16 heavy (non-hydrogen) atoms. The Morgan fingerprint density at radius 1 is 1.31 bits per heavy atom. The fourth-order valence-corrected chi connectivity index (χ4v) is 1.48. The van der Waals surface area contributed by atoms with E-state index in [0.29, 0.717) is 5.65 Å². The van der Waals surface area contributed by atoms with Crippen LogP contribution in [-0.4, -0.2) is 25.7 Å². The summed E-state index contributed by atoms with van der Waals surface area (Å²) in [6, 6.07) is 3.72. The van der Waals surface area contributed by atoms with Crippen LogP contribution in [0, 0.1) is 0 Å². The van der Waals surface area contributed by atoms with Gasteiger partial charge < -0.3 is 5.11 Å². The molecule has 0 amide bonds. The van der Waals surface area contributed by atoms with Gasteiger partial charge in [-0.05, 0) is 17.0 Å². The Morgan fingerprint density at radius 3 is 2.56 bits per heavy atom. The average Bonchev–Trinajstić information content (AvgIpc) is 2.58. The molecule has 0 aliphatic carbocycles. The first kappa shape index (κ1) is 10.6. The second-order valence-electron chi connectivity index (χ2n) is 4.72. The molecular weight excluding hydrogens is 206 g/mol. The molecule has 0 atom stereocenters. The minimum absolute atomic E-state index is 0.0335. The topological polar surface area (TPSA) is 67.5 Å². The van der Waals surface area contributed by atoms with Gasteiger partial charge in [0.25, 0.3) is 0 Å². The van der Waals surface area contributed by atoms with E-state index in [0.717, 1.165) is 5.56 Å². The fourth-order valence-electron chi connectivity index (χ4n) is 1.48. The van der Waals surface area contributed by atoms with Crippen molar-refractivity contribution in [3.8, 4) is 0 Å². The quantitative estimate of drug-likeness (QED) is 0.793. The standard InChI is InChI=1S/C11H13N3O2/c1-11(2,3)7-4-5-8-12-13-9(10(15)16)14(8)6-7/h4-6H,1-3H3,(H,15,16). The van der Waals surface area contributed by atoms with Crippen LogP contribution >= 0.6 is 0 Å². The molecule has 5 heteroatoms. The lowest BCUT2D eigenvalue weighted by Crippen LogP contribution is -2.13. The summed E-state index contributed by atoms with van der Waals surface area (Å²) < 4.78 is 1.50. The minimum atomic E-state index is -1.07. The van der Waals surface area contributed by atoms with Crippen molar-refractivity contribution < 1.29 is 9.90 Å². The van der Waals surface area contributed by atoms with E-state index in [4.69, 9.17) is 5.11 Å². The molecule has 0 saturated carbocycles. The summed E-state index contributed by atoms with van der Waals surface area (Å²) in [5.74, 6) is -1.13. The van der Waals surface area contributed by atoms with E-state index < -0.39 is 5.97 Å². The molecule has 5 nitrogen and oxygen atoms in total. The van der Waals surface area contributed by atoms with Crippen molar-refractivity contribution in [3.63, 3.8) is 0 Å². The number of carboxylic acid groups (broad SMARTS) is 1. The molecule has 0 aliphatic rings. The zero-order chi connectivity index (χ0) is 11.9. The SMILES string of the molecule is CC(C)(C)c1ccc2nnc(C(=O)O)n2c1. The van der Waals surface area contributed by atoms with Crippen LogP contribution in [0.3, 0.4) is 0 Å².